The van der Waals surface area contributed by atoms with Crippen molar-refractivity contribution in [3.63, 3.8) is 0 Å². The number of aryl methyl sites for hydroxylation is 3. The molecule has 0 saturated heterocycles. The van der Waals surface area contributed by atoms with Gasteiger partial charge in [-0.3, -0.25) is 4.79 Å². The van der Waals surface area contributed by atoms with Gasteiger partial charge in [-0.15, -0.1) is 10.2 Å². The van der Waals surface area contributed by atoms with Crippen LogP contribution in [0.25, 0.3) is 16.9 Å². The summed E-state index contributed by atoms with van der Waals surface area (Å²) in [6, 6.07) is 18.4. The van der Waals surface area contributed by atoms with Gasteiger partial charge in [0.05, 0.1) is 17.1 Å². The van der Waals surface area contributed by atoms with Gasteiger partial charge in [0.2, 0.25) is 5.91 Å². The second kappa shape index (κ2) is 8.64. The molecule has 1 aliphatic carbocycles. The number of carbonyl (C=O) groups is 1. The van der Waals surface area contributed by atoms with Crippen molar-refractivity contribution < 1.29 is 4.79 Å². The van der Waals surface area contributed by atoms with Gasteiger partial charge in [0.15, 0.2) is 4.34 Å². The van der Waals surface area contributed by atoms with Gasteiger partial charge in [-0.25, -0.2) is 4.68 Å². The standard InChI is InChI=1S/C23H21N5OS2/c1-15-25-26-23(31-15)30-14-22(29)24-21-13-20(27-28(21)19-8-3-2-4-9-19)18-11-10-16-6-5-7-17(16)12-18/h2-4,8-13H,5-7,14H2,1H3,(H,24,29). The quantitative estimate of drug-likeness (QED) is 0.425. The predicted molar refractivity (Wildman–Crippen MR) is 125 cm³/mol. The minimum atomic E-state index is -0.101. The summed E-state index contributed by atoms with van der Waals surface area (Å²) in [6.07, 6.45) is 3.49. The van der Waals surface area contributed by atoms with Crippen molar-refractivity contribution in [2.75, 3.05) is 11.1 Å². The SMILES string of the molecule is Cc1nnc(SCC(=O)Nc2cc(-c3ccc4c(c3)CCC4)nn2-c2ccccc2)s1. The van der Waals surface area contributed by atoms with E-state index in [0.29, 0.717) is 5.82 Å². The number of benzene rings is 2. The lowest BCUT2D eigenvalue weighted by molar-refractivity contribution is -0.113. The number of thioether (sulfide) groups is 1. The first-order chi connectivity index (χ1) is 15.2. The highest BCUT2D eigenvalue weighted by atomic mass is 32.2. The predicted octanol–water partition coefficient (Wildman–Crippen LogP) is 4.92. The Kier molecular flexibility index (Phi) is 5.57. The number of hydrogen-bond donors (Lipinski definition) is 1. The molecule has 2 aromatic carbocycles. The molecule has 0 saturated carbocycles. The van der Waals surface area contributed by atoms with E-state index in [9.17, 15) is 4.79 Å². The topological polar surface area (TPSA) is 72.7 Å². The lowest BCUT2D eigenvalue weighted by atomic mass is 10.0. The van der Waals surface area contributed by atoms with Gasteiger partial charge in [-0.2, -0.15) is 5.10 Å². The molecule has 0 aliphatic heterocycles. The van der Waals surface area contributed by atoms with Crippen LogP contribution in [0.1, 0.15) is 22.6 Å². The van der Waals surface area contributed by atoms with Crippen LogP contribution in [0.15, 0.2) is 58.9 Å². The van der Waals surface area contributed by atoms with Crippen LogP contribution in [0.3, 0.4) is 0 Å². The molecule has 1 amide bonds. The van der Waals surface area contributed by atoms with E-state index in [1.165, 1.54) is 40.6 Å². The average Bonchev–Trinajstić information content (AvgIpc) is 3.52. The second-order valence-electron chi connectivity index (χ2n) is 7.42. The Bertz CT molecular complexity index is 1230. The number of anilines is 1. The van der Waals surface area contributed by atoms with E-state index in [1.54, 1.807) is 4.68 Å². The molecule has 6 nitrogen and oxygen atoms in total. The Balaban J connectivity index is 1.42. The van der Waals surface area contributed by atoms with Gasteiger partial charge in [0, 0.05) is 11.6 Å². The van der Waals surface area contributed by atoms with Crippen molar-refractivity contribution in [2.24, 2.45) is 0 Å². The number of nitrogens with zero attached hydrogens (tertiary/aromatic N) is 4. The number of carbonyl (C=O) groups excluding carboxylic acids is 1. The fourth-order valence-electron chi connectivity index (χ4n) is 3.75. The maximum atomic E-state index is 12.7. The first-order valence-electron chi connectivity index (χ1n) is 10.2. The van der Waals surface area contributed by atoms with Gasteiger partial charge < -0.3 is 5.32 Å². The molecular formula is C23H21N5OS2. The van der Waals surface area contributed by atoms with E-state index in [0.717, 1.165) is 39.1 Å². The molecule has 8 heteroatoms. The largest absolute Gasteiger partial charge is 0.310 e. The van der Waals surface area contributed by atoms with Crippen LogP contribution in [0.5, 0.6) is 0 Å². The average molecular weight is 448 g/mol. The Labute approximate surface area is 188 Å². The molecule has 5 rings (SSSR count). The van der Waals surface area contributed by atoms with Crippen molar-refractivity contribution in [3.8, 4) is 16.9 Å². The Morgan fingerprint density at radius 1 is 1.10 bits per heavy atom. The zero-order chi connectivity index (χ0) is 21.2. The number of hydrogen-bond acceptors (Lipinski definition) is 6. The normalized spacial score (nSPS) is 12.7. The van der Waals surface area contributed by atoms with E-state index < -0.39 is 0 Å². The summed E-state index contributed by atoms with van der Waals surface area (Å²) in [5.74, 6) is 0.819. The highest BCUT2D eigenvalue weighted by Gasteiger charge is 2.17. The van der Waals surface area contributed by atoms with Gasteiger partial charge in [-0.1, -0.05) is 53.4 Å². The van der Waals surface area contributed by atoms with Crippen LogP contribution in [-0.2, 0) is 17.6 Å². The Hall–Kier alpha value is -2.97. The second-order valence-corrected chi connectivity index (χ2v) is 9.83. The van der Waals surface area contributed by atoms with E-state index in [-0.39, 0.29) is 11.7 Å². The van der Waals surface area contributed by atoms with Gasteiger partial charge in [-0.05, 0) is 55.5 Å². The summed E-state index contributed by atoms with van der Waals surface area (Å²) in [5, 5.41) is 16.8. The molecule has 2 heterocycles. The third kappa shape index (κ3) is 4.40. The molecule has 0 bridgehead atoms. The molecule has 31 heavy (non-hydrogen) atoms. The van der Waals surface area contributed by atoms with E-state index in [4.69, 9.17) is 5.10 Å². The van der Waals surface area contributed by atoms with Crippen LogP contribution in [0.4, 0.5) is 5.82 Å². The zero-order valence-corrected chi connectivity index (χ0v) is 18.7. The first-order valence-corrected chi connectivity index (χ1v) is 12.0. The van der Waals surface area contributed by atoms with Gasteiger partial charge in [0.25, 0.3) is 0 Å². The molecule has 1 aliphatic rings. The molecule has 0 spiro atoms. The molecule has 0 atom stereocenters. The van der Waals surface area contributed by atoms with Crippen molar-refractivity contribution >= 4 is 34.8 Å². The van der Waals surface area contributed by atoms with E-state index in [1.807, 2.05) is 43.3 Å². The maximum Gasteiger partial charge on any atom is 0.235 e. The summed E-state index contributed by atoms with van der Waals surface area (Å²) >= 11 is 2.88. The van der Waals surface area contributed by atoms with Gasteiger partial charge in [0.1, 0.15) is 10.8 Å². The van der Waals surface area contributed by atoms with Gasteiger partial charge >= 0.3 is 0 Å². The fraction of sp³-hybridized carbons (Fsp3) is 0.217. The summed E-state index contributed by atoms with van der Waals surface area (Å²) in [4.78, 5) is 12.7. The number of fused-ring (bicyclic) bond motifs is 1. The Morgan fingerprint density at radius 2 is 1.94 bits per heavy atom. The van der Waals surface area contributed by atoms with Crippen molar-refractivity contribution in [1.29, 1.82) is 0 Å². The number of para-hydroxylation sites is 1. The smallest absolute Gasteiger partial charge is 0.235 e. The third-order valence-corrected chi connectivity index (χ3v) is 7.18. The zero-order valence-electron chi connectivity index (χ0n) is 17.0. The third-order valence-electron chi connectivity index (χ3n) is 5.21. The highest BCUT2D eigenvalue weighted by molar-refractivity contribution is 8.01. The lowest BCUT2D eigenvalue weighted by Gasteiger charge is -2.08. The molecular weight excluding hydrogens is 426 g/mol. The molecule has 0 fully saturated rings. The molecule has 156 valence electrons. The number of nitrogens with one attached hydrogen (secondary N) is 1. The number of aromatic nitrogens is 4. The minimum Gasteiger partial charge on any atom is -0.310 e. The van der Waals surface area contributed by atoms with Crippen LogP contribution in [0, 0.1) is 6.92 Å². The monoisotopic (exact) mass is 447 g/mol. The number of rotatable bonds is 6. The summed E-state index contributed by atoms with van der Waals surface area (Å²) in [6.45, 7) is 1.90. The molecule has 0 unspecified atom stereocenters. The van der Waals surface area contributed by atoms with Crippen LogP contribution < -0.4 is 5.32 Å². The minimum absolute atomic E-state index is 0.101. The maximum absolute atomic E-state index is 12.7. The molecule has 4 aromatic rings. The summed E-state index contributed by atoms with van der Waals surface area (Å²) in [7, 11) is 0. The fourth-order valence-corrected chi connectivity index (χ4v) is 5.37. The van der Waals surface area contributed by atoms with E-state index >= 15 is 0 Å². The summed E-state index contributed by atoms with van der Waals surface area (Å²) < 4.78 is 2.59. The molecule has 0 radical (unpaired) electrons. The lowest BCUT2D eigenvalue weighted by Crippen LogP contribution is -2.16. The highest BCUT2D eigenvalue weighted by Crippen LogP contribution is 2.30. The Morgan fingerprint density at radius 3 is 2.74 bits per heavy atom. The number of amides is 1. The van der Waals surface area contributed by atoms with Crippen LogP contribution >= 0.6 is 23.1 Å². The van der Waals surface area contributed by atoms with Crippen LogP contribution in [0.2, 0.25) is 0 Å². The molecule has 1 N–H and O–H groups in total. The van der Waals surface area contributed by atoms with Crippen molar-refractivity contribution in [3.05, 3.63) is 70.7 Å². The van der Waals surface area contributed by atoms with E-state index in [2.05, 4.69) is 33.7 Å². The first kappa shape index (κ1) is 20.0. The van der Waals surface area contributed by atoms with Crippen molar-refractivity contribution in [2.45, 2.75) is 30.5 Å². The van der Waals surface area contributed by atoms with Crippen molar-refractivity contribution in [1.82, 2.24) is 20.0 Å². The van der Waals surface area contributed by atoms with Crippen LogP contribution in [-0.4, -0.2) is 31.6 Å². The molecule has 2 aromatic heterocycles. The summed E-state index contributed by atoms with van der Waals surface area (Å²) in [5.41, 5.74) is 5.66.